The second-order valence-corrected chi connectivity index (χ2v) is 6.19. The van der Waals surface area contributed by atoms with Crippen LogP contribution in [0.25, 0.3) is 0 Å². The summed E-state index contributed by atoms with van der Waals surface area (Å²) >= 11 is 0. The fourth-order valence-electron chi connectivity index (χ4n) is 2.96. The van der Waals surface area contributed by atoms with E-state index < -0.39 is 0 Å². The third-order valence-electron chi connectivity index (χ3n) is 4.33. The molecule has 0 aromatic heterocycles. The molecule has 2 aromatic carbocycles. The third kappa shape index (κ3) is 5.29. The Morgan fingerprint density at radius 2 is 1.93 bits per heavy atom. The molecule has 2 aromatic rings. The molecule has 1 heterocycles. The van der Waals surface area contributed by atoms with Gasteiger partial charge in [-0.05, 0) is 49.1 Å². The number of benzene rings is 2. The summed E-state index contributed by atoms with van der Waals surface area (Å²) in [6, 6.07) is 14.1. The smallest absolute Gasteiger partial charge is 0.231 e. The van der Waals surface area contributed by atoms with Crippen LogP contribution in [0.15, 0.2) is 47.5 Å². The number of ether oxygens (including phenoxy) is 3. The van der Waals surface area contributed by atoms with Crippen molar-refractivity contribution in [2.75, 3.05) is 33.5 Å². The van der Waals surface area contributed by atoms with Crippen LogP contribution in [-0.4, -0.2) is 39.5 Å². The minimum Gasteiger partial charge on any atom is -0.496 e. The first-order valence-electron chi connectivity index (χ1n) is 9.32. The van der Waals surface area contributed by atoms with Crippen molar-refractivity contribution < 1.29 is 14.2 Å². The summed E-state index contributed by atoms with van der Waals surface area (Å²) in [7, 11) is 1.70. The first-order valence-corrected chi connectivity index (χ1v) is 9.32. The lowest BCUT2D eigenvalue weighted by Gasteiger charge is -2.12. The molecule has 0 saturated heterocycles. The Hall–Kier alpha value is -2.89. The van der Waals surface area contributed by atoms with Gasteiger partial charge in [-0.1, -0.05) is 24.3 Å². The lowest BCUT2D eigenvalue weighted by Crippen LogP contribution is -2.38. The second-order valence-electron chi connectivity index (χ2n) is 6.19. The molecule has 0 amide bonds. The summed E-state index contributed by atoms with van der Waals surface area (Å²) in [6.45, 7) is 4.68. The van der Waals surface area contributed by atoms with Gasteiger partial charge >= 0.3 is 0 Å². The fraction of sp³-hybridized carbons (Fsp3) is 0.381. The number of hydrogen-bond acceptors (Lipinski definition) is 4. The van der Waals surface area contributed by atoms with Gasteiger partial charge in [0.05, 0.1) is 7.11 Å². The number of fused-ring (bicyclic) bond motifs is 1. The van der Waals surface area contributed by atoms with E-state index in [0.29, 0.717) is 13.3 Å². The zero-order valence-corrected chi connectivity index (χ0v) is 16.0. The van der Waals surface area contributed by atoms with Crippen molar-refractivity contribution in [1.82, 2.24) is 10.6 Å². The van der Waals surface area contributed by atoms with Crippen molar-refractivity contribution in [2.45, 2.75) is 19.8 Å². The zero-order chi connectivity index (χ0) is 18.9. The predicted molar refractivity (Wildman–Crippen MR) is 107 cm³/mol. The monoisotopic (exact) mass is 369 g/mol. The molecule has 2 N–H and O–H groups in total. The van der Waals surface area contributed by atoms with E-state index >= 15 is 0 Å². The minimum absolute atomic E-state index is 0.306. The van der Waals surface area contributed by atoms with Gasteiger partial charge in [0.15, 0.2) is 17.5 Å². The molecule has 6 nitrogen and oxygen atoms in total. The number of methoxy groups -OCH3 is 1. The Labute approximate surface area is 160 Å². The number of para-hydroxylation sites is 1. The topological polar surface area (TPSA) is 64.1 Å². The summed E-state index contributed by atoms with van der Waals surface area (Å²) in [5.74, 6) is 3.38. The van der Waals surface area contributed by atoms with E-state index in [0.717, 1.165) is 49.1 Å². The first-order chi connectivity index (χ1) is 13.3. The highest BCUT2D eigenvalue weighted by molar-refractivity contribution is 5.79. The maximum atomic E-state index is 5.43. The van der Waals surface area contributed by atoms with Crippen molar-refractivity contribution in [3.05, 3.63) is 53.6 Å². The zero-order valence-electron chi connectivity index (χ0n) is 16.0. The number of hydrogen-bond donors (Lipinski definition) is 2. The van der Waals surface area contributed by atoms with Crippen molar-refractivity contribution in [1.29, 1.82) is 0 Å². The van der Waals surface area contributed by atoms with Crippen LogP contribution in [-0.2, 0) is 12.8 Å². The summed E-state index contributed by atoms with van der Waals surface area (Å²) in [4.78, 5) is 4.67. The Morgan fingerprint density at radius 3 is 2.78 bits per heavy atom. The van der Waals surface area contributed by atoms with Crippen LogP contribution < -0.4 is 24.8 Å². The summed E-state index contributed by atoms with van der Waals surface area (Å²) in [5, 5.41) is 6.68. The van der Waals surface area contributed by atoms with Gasteiger partial charge in [-0.15, -0.1) is 0 Å². The van der Waals surface area contributed by atoms with Gasteiger partial charge in [0, 0.05) is 19.6 Å². The molecule has 0 atom stereocenters. The van der Waals surface area contributed by atoms with E-state index in [9.17, 15) is 0 Å². The molecular formula is C21H27N3O3. The van der Waals surface area contributed by atoms with Gasteiger partial charge in [0.2, 0.25) is 6.79 Å². The number of nitrogens with zero attached hydrogens (tertiary/aromatic N) is 1. The average Bonchev–Trinajstić information content (AvgIpc) is 3.16. The summed E-state index contributed by atoms with van der Waals surface area (Å²) in [5.41, 5.74) is 2.37. The molecule has 27 heavy (non-hydrogen) atoms. The normalized spacial score (nSPS) is 12.7. The van der Waals surface area contributed by atoms with Crippen molar-refractivity contribution >= 4 is 5.96 Å². The van der Waals surface area contributed by atoms with Gasteiger partial charge in [-0.2, -0.15) is 0 Å². The molecule has 0 aliphatic carbocycles. The molecule has 0 saturated carbocycles. The summed E-state index contributed by atoms with van der Waals surface area (Å²) in [6.07, 6.45) is 1.72. The largest absolute Gasteiger partial charge is 0.496 e. The minimum atomic E-state index is 0.306. The quantitative estimate of drug-likeness (QED) is 0.553. The van der Waals surface area contributed by atoms with Crippen molar-refractivity contribution in [3.63, 3.8) is 0 Å². The van der Waals surface area contributed by atoms with Gasteiger partial charge in [0.1, 0.15) is 5.75 Å². The maximum absolute atomic E-state index is 5.43. The van der Waals surface area contributed by atoms with Crippen molar-refractivity contribution in [2.24, 2.45) is 4.99 Å². The molecule has 0 spiro atoms. The van der Waals surface area contributed by atoms with E-state index in [1.807, 2.05) is 30.3 Å². The van der Waals surface area contributed by atoms with Gasteiger partial charge in [0.25, 0.3) is 0 Å². The Morgan fingerprint density at radius 1 is 1.07 bits per heavy atom. The molecule has 0 fully saturated rings. The SMILES string of the molecule is CCNC(=NCCc1ccccc1OC)NCCc1ccc2c(c1)OCO2. The van der Waals surface area contributed by atoms with Crippen molar-refractivity contribution in [3.8, 4) is 17.2 Å². The Balaban J connectivity index is 1.50. The van der Waals surface area contributed by atoms with Gasteiger partial charge in [-0.25, -0.2) is 0 Å². The van der Waals surface area contributed by atoms with Crippen LogP contribution in [0.4, 0.5) is 0 Å². The standard InChI is InChI=1S/C21H27N3O3/c1-3-22-21(24-13-11-17-6-4-5-7-18(17)25-2)23-12-10-16-8-9-19-20(14-16)27-15-26-19/h4-9,14H,3,10-13,15H2,1-2H3,(H2,22,23,24). The van der Waals surface area contributed by atoms with E-state index in [4.69, 9.17) is 14.2 Å². The van der Waals surface area contributed by atoms with E-state index in [1.54, 1.807) is 7.11 Å². The molecule has 3 rings (SSSR count). The first kappa shape index (κ1) is 18.9. The average molecular weight is 369 g/mol. The Bertz CT molecular complexity index is 777. The number of nitrogens with one attached hydrogen (secondary N) is 2. The molecule has 144 valence electrons. The molecule has 6 heteroatoms. The Kier molecular flexibility index (Phi) is 6.79. The predicted octanol–water partition coefficient (Wildman–Crippen LogP) is 2.76. The van der Waals surface area contributed by atoms with E-state index in [-0.39, 0.29) is 0 Å². The molecule has 0 radical (unpaired) electrons. The van der Waals surface area contributed by atoms with E-state index in [1.165, 1.54) is 11.1 Å². The third-order valence-corrected chi connectivity index (χ3v) is 4.33. The highest BCUT2D eigenvalue weighted by Crippen LogP contribution is 2.32. The lowest BCUT2D eigenvalue weighted by molar-refractivity contribution is 0.174. The number of aliphatic imine (C=N–C) groups is 1. The summed E-state index contributed by atoms with van der Waals surface area (Å²) < 4.78 is 16.2. The molecular weight excluding hydrogens is 342 g/mol. The van der Waals surface area contributed by atoms with Crippen LogP contribution in [0, 0.1) is 0 Å². The van der Waals surface area contributed by atoms with Crippen LogP contribution in [0.1, 0.15) is 18.1 Å². The fourth-order valence-corrected chi connectivity index (χ4v) is 2.96. The second kappa shape index (κ2) is 9.71. The molecule has 0 bridgehead atoms. The highest BCUT2D eigenvalue weighted by Gasteiger charge is 2.12. The van der Waals surface area contributed by atoms with Crippen LogP contribution in [0.2, 0.25) is 0 Å². The molecule has 1 aliphatic heterocycles. The van der Waals surface area contributed by atoms with Crippen LogP contribution in [0.5, 0.6) is 17.2 Å². The molecule has 0 unspecified atom stereocenters. The number of rotatable bonds is 8. The maximum Gasteiger partial charge on any atom is 0.231 e. The molecule has 1 aliphatic rings. The van der Waals surface area contributed by atoms with E-state index in [2.05, 4.69) is 34.7 Å². The van der Waals surface area contributed by atoms with Crippen LogP contribution in [0.3, 0.4) is 0 Å². The number of guanidine groups is 1. The van der Waals surface area contributed by atoms with Gasteiger partial charge < -0.3 is 24.8 Å². The van der Waals surface area contributed by atoms with Gasteiger partial charge in [-0.3, -0.25) is 4.99 Å². The highest BCUT2D eigenvalue weighted by atomic mass is 16.7. The lowest BCUT2D eigenvalue weighted by atomic mass is 10.1. The van der Waals surface area contributed by atoms with Crippen LogP contribution >= 0.6 is 0 Å².